The molecule has 4 nitrogen and oxygen atoms in total. The minimum absolute atomic E-state index is 0.243. The van der Waals surface area contributed by atoms with Crippen molar-refractivity contribution in [2.45, 2.75) is 6.92 Å². The third kappa shape index (κ3) is 1.25. The molecule has 0 atom stereocenters. The summed E-state index contributed by atoms with van der Waals surface area (Å²) in [5.74, 6) is 0. The molecule has 0 bridgehead atoms. The van der Waals surface area contributed by atoms with Crippen LogP contribution in [-0.2, 0) is 0 Å². The number of carbonyl (C=O) groups excluding carboxylic acids is 1. The topological polar surface area (TPSA) is 62.8 Å². The number of hydrogen-bond acceptors (Lipinski definition) is 4. The first-order valence-corrected chi connectivity index (χ1v) is 4.97. The van der Waals surface area contributed by atoms with Crippen molar-refractivity contribution >= 4 is 38.4 Å². The van der Waals surface area contributed by atoms with Crippen LogP contribution in [-0.4, -0.2) is 15.2 Å². The van der Waals surface area contributed by atoms with Crippen LogP contribution in [0, 0.1) is 6.92 Å². The molecule has 0 saturated heterocycles. The van der Waals surface area contributed by atoms with Gasteiger partial charge >= 0.3 is 0 Å². The average Bonchev–Trinajstić information content (AvgIpc) is 2.45. The minimum atomic E-state index is -0.551. The van der Waals surface area contributed by atoms with Gasteiger partial charge in [0.05, 0.1) is 16.6 Å². The number of hydrogen-bond donors (Lipinski definition) is 1. The lowest BCUT2D eigenvalue weighted by Gasteiger charge is -1.88. The second-order valence-corrected chi connectivity index (χ2v) is 4.08. The quantitative estimate of drug-likeness (QED) is 0.756. The molecule has 0 amide bonds. The zero-order valence-corrected chi connectivity index (χ0v) is 8.70. The molecule has 1 N–H and O–H groups in total. The monoisotopic (exact) mass is 228 g/mol. The number of nitrogens with one attached hydrogen (secondary N) is 1. The Morgan fingerprint density at radius 1 is 1.64 bits per heavy atom. The SMILES string of the molecule is Cc1c(C(=O)Cl)sc2nc[nH]c(=O)c12. The Hall–Kier alpha value is -1.20. The molecule has 0 saturated carbocycles. The summed E-state index contributed by atoms with van der Waals surface area (Å²) >= 11 is 6.50. The normalized spacial score (nSPS) is 10.7. The molecule has 14 heavy (non-hydrogen) atoms. The Kier molecular flexibility index (Phi) is 2.13. The molecule has 2 aromatic rings. The van der Waals surface area contributed by atoms with Crippen molar-refractivity contribution in [3.8, 4) is 0 Å². The van der Waals surface area contributed by atoms with Crippen molar-refractivity contribution < 1.29 is 4.79 Å². The number of rotatable bonds is 1. The fraction of sp³-hybridized carbons (Fsp3) is 0.125. The van der Waals surface area contributed by atoms with Gasteiger partial charge in [-0.1, -0.05) is 0 Å². The molecule has 0 fully saturated rings. The highest BCUT2D eigenvalue weighted by Gasteiger charge is 2.16. The Labute approximate surface area is 87.5 Å². The lowest BCUT2D eigenvalue weighted by atomic mass is 10.2. The number of fused-ring (bicyclic) bond motifs is 1. The standard InChI is InChI=1S/C8H5ClN2O2S/c1-3-4-7(13)10-2-11-8(4)14-5(3)6(9)12/h2H,1H3,(H,10,11,13). The molecule has 0 spiro atoms. The predicted octanol–water partition coefficient (Wildman–Crippen LogP) is 1.67. The van der Waals surface area contributed by atoms with E-state index >= 15 is 0 Å². The molecule has 0 aliphatic rings. The van der Waals surface area contributed by atoms with Crippen molar-refractivity contribution in [1.29, 1.82) is 0 Å². The molecule has 6 heteroatoms. The number of nitrogens with zero attached hydrogens (tertiary/aromatic N) is 1. The van der Waals surface area contributed by atoms with Gasteiger partial charge in [0.1, 0.15) is 4.83 Å². The number of H-pyrrole nitrogens is 1. The highest BCUT2D eigenvalue weighted by molar-refractivity contribution is 7.22. The van der Waals surface area contributed by atoms with Crippen molar-refractivity contribution in [3.63, 3.8) is 0 Å². The molecule has 2 heterocycles. The first kappa shape index (κ1) is 9.36. The average molecular weight is 229 g/mol. The molecule has 2 rings (SSSR count). The molecular formula is C8H5ClN2O2S. The van der Waals surface area contributed by atoms with E-state index in [1.165, 1.54) is 6.33 Å². The first-order valence-electron chi connectivity index (χ1n) is 3.78. The Morgan fingerprint density at radius 3 is 2.93 bits per heavy atom. The highest BCUT2D eigenvalue weighted by Crippen LogP contribution is 2.27. The third-order valence-electron chi connectivity index (χ3n) is 1.91. The summed E-state index contributed by atoms with van der Waals surface area (Å²) in [7, 11) is 0. The van der Waals surface area contributed by atoms with Crippen LogP contribution in [0.4, 0.5) is 0 Å². The Balaban J connectivity index is 2.94. The van der Waals surface area contributed by atoms with E-state index in [0.717, 1.165) is 11.3 Å². The lowest BCUT2D eigenvalue weighted by molar-refractivity contribution is 0.108. The van der Waals surface area contributed by atoms with E-state index < -0.39 is 5.24 Å². The van der Waals surface area contributed by atoms with Gasteiger partial charge in [-0.15, -0.1) is 11.3 Å². The van der Waals surface area contributed by atoms with E-state index in [9.17, 15) is 9.59 Å². The van der Waals surface area contributed by atoms with Gasteiger partial charge in [-0.3, -0.25) is 9.59 Å². The van der Waals surface area contributed by atoms with Gasteiger partial charge in [-0.2, -0.15) is 0 Å². The van der Waals surface area contributed by atoms with E-state index in [2.05, 4.69) is 9.97 Å². The van der Waals surface area contributed by atoms with E-state index in [4.69, 9.17) is 11.6 Å². The van der Waals surface area contributed by atoms with Crippen LogP contribution in [0.3, 0.4) is 0 Å². The highest BCUT2D eigenvalue weighted by atomic mass is 35.5. The van der Waals surface area contributed by atoms with Crippen LogP contribution in [0.25, 0.3) is 10.2 Å². The van der Waals surface area contributed by atoms with Gasteiger partial charge < -0.3 is 4.98 Å². The number of aromatic nitrogens is 2. The molecule has 0 unspecified atom stereocenters. The third-order valence-corrected chi connectivity index (χ3v) is 3.41. The van der Waals surface area contributed by atoms with Crippen molar-refractivity contribution in [1.82, 2.24) is 9.97 Å². The summed E-state index contributed by atoms with van der Waals surface area (Å²) in [4.78, 5) is 29.7. The van der Waals surface area contributed by atoms with Crippen LogP contribution < -0.4 is 5.56 Å². The van der Waals surface area contributed by atoms with Gasteiger partial charge in [0.25, 0.3) is 10.8 Å². The van der Waals surface area contributed by atoms with Gasteiger partial charge in [-0.25, -0.2) is 4.98 Å². The summed E-state index contributed by atoms with van der Waals surface area (Å²) in [5, 5.41) is -0.105. The Bertz CT molecular complexity index is 572. The maximum absolute atomic E-state index is 11.4. The molecule has 0 radical (unpaired) electrons. The summed E-state index contributed by atoms with van der Waals surface area (Å²) in [5.41, 5.74) is 0.354. The summed E-state index contributed by atoms with van der Waals surface area (Å²) in [6.07, 6.45) is 1.31. The number of carbonyl (C=O) groups is 1. The largest absolute Gasteiger partial charge is 0.313 e. The fourth-order valence-corrected chi connectivity index (χ4v) is 2.51. The lowest BCUT2D eigenvalue weighted by Crippen LogP contribution is -2.05. The first-order chi connectivity index (χ1) is 6.61. The van der Waals surface area contributed by atoms with Gasteiger partial charge in [-0.05, 0) is 24.1 Å². The maximum atomic E-state index is 11.4. The maximum Gasteiger partial charge on any atom is 0.262 e. The minimum Gasteiger partial charge on any atom is -0.313 e. The molecule has 72 valence electrons. The van der Waals surface area contributed by atoms with E-state index in [1.807, 2.05) is 0 Å². The predicted molar refractivity (Wildman–Crippen MR) is 55.2 cm³/mol. The smallest absolute Gasteiger partial charge is 0.262 e. The van der Waals surface area contributed by atoms with Crippen LogP contribution in [0.5, 0.6) is 0 Å². The second kappa shape index (κ2) is 3.18. The number of aromatic amines is 1. The van der Waals surface area contributed by atoms with Crippen molar-refractivity contribution in [2.75, 3.05) is 0 Å². The summed E-state index contributed by atoms with van der Waals surface area (Å²) in [6, 6.07) is 0. The van der Waals surface area contributed by atoms with Gasteiger partial charge in [0.2, 0.25) is 0 Å². The Morgan fingerprint density at radius 2 is 2.36 bits per heavy atom. The van der Waals surface area contributed by atoms with Crippen LogP contribution in [0.1, 0.15) is 15.2 Å². The van der Waals surface area contributed by atoms with Crippen LogP contribution >= 0.6 is 22.9 Å². The number of thiophene rings is 1. The fourth-order valence-electron chi connectivity index (χ4n) is 1.27. The van der Waals surface area contributed by atoms with Crippen LogP contribution in [0.2, 0.25) is 0 Å². The summed E-state index contributed by atoms with van der Waals surface area (Å²) in [6.45, 7) is 1.69. The molecule has 0 aliphatic heterocycles. The van der Waals surface area contributed by atoms with Crippen molar-refractivity contribution in [2.24, 2.45) is 0 Å². The zero-order chi connectivity index (χ0) is 10.3. The molecule has 0 aliphatic carbocycles. The molecular weight excluding hydrogens is 224 g/mol. The van der Waals surface area contributed by atoms with E-state index in [0.29, 0.717) is 20.7 Å². The van der Waals surface area contributed by atoms with E-state index in [1.54, 1.807) is 6.92 Å². The van der Waals surface area contributed by atoms with Gasteiger partial charge in [0, 0.05) is 0 Å². The summed E-state index contributed by atoms with van der Waals surface area (Å²) < 4.78 is 0. The number of halogens is 1. The van der Waals surface area contributed by atoms with Crippen molar-refractivity contribution in [3.05, 3.63) is 27.1 Å². The van der Waals surface area contributed by atoms with E-state index in [-0.39, 0.29) is 5.56 Å². The molecule has 2 aromatic heterocycles. The number of aryl methyl sites for hydroxylation is 1. The zero-order valence-electron chi connectivity index (χ0n) is 7.13. The van der Waals surface area contributed by atoms with Gasteiger partial charge in [0.15, 0.2) is 0 Å². The molecule has 0 aromatic carbocycles. The second-order valence-electron chi connectivity index (χ2n) is 2.74. The van der Waals surface area contributed by atoms with Crippen LogP contribution in [0.15, 0.2) is 11.1 Å².